The third-order valence-corrected chi connectivity index (χ3v) is 2.90. The largest absolute Gasteiger partial charge is 0.444 e. The number of allylic oxidation sites excluding steroid dienone is 2. The first kappa shape index (κ1) is 14.8. The van der Waals surface area contributed by atoms with E-state index in [2.05, 4.69) is 18.3 Å². The van der Waals surface area contributed by atoms with Crippen molar-refractivity contribution in [1.29, 1.82) is 0 Å². The molecule has 0 aromatic rings. The summed E-state index contributed by atoms with van der Waals surface area (Å²) in [5, 5.41) is 2.76. The average molecular weight is 252 g/mol. The molecule has 0 saturated carbocycles. The van der Waals surface area contributed by atoms with E-state index in [1.165, 1.54) is 11.1 Å². The van der Waals surface area contributed by atoms with Gasteiger partial charge in [-0.3, -0.25) is 0 Å². The Bertz CT molecular complexity index is 378. The van der Waals surface area contributed by atoms with Gasteiger partial charge in [-0.1, -0.05) is 23.3 Å². The van der Waals surface area contributed by atoms with Gasteiger partial charge in [0, 0.05) is 18.5 Å². The van der Waals surface area contributed by atoms with E-state index in [0.29, 0.717) is 6.54 Å². The molecule has 0 spiro atoms. The van der Waals surface area contributed by atoms with Gasteiger partial charge in [0.2, 0.25) is 0 Å². The maximum atomic E-state index is 11.5. The molecule has 102 valence electrons. The molecule has 0 fully saturated rings. The Hall–Kier alpha value is -1.29. The highest BCUT2D eigenvalue weighted by molar-refractivity contribution is 5.67. The van der Waals surface area contributed by atoms with E-state index in [0.717, 1.165) is 0 Å². The van der Waals surface area contributed by atoms with Gasteiger partial charge in [0.1, 0.15) is 5.60 Å². The zero-order chi connectivity index (χ0) is 13.9. The number of nitrogens with two attached hydrogens (primary N) is 1. The van der Waals surface area contributed by atoms with Crippen LogP contribution in [0.15, 0.2) is 23.3 Å². The second-order valence-corrected chi connectivity index (χ2v) is 5.82. The summed E-state index contributed by atoms with van der Waals surface area (Å²) in [6, 6.07) is -0.0522. The number of alkyl carbamates (subject to hydrolysis) is 1. The molecule has 3 N–H and O–H groups in total. The summed E-state index contributed by atoms with van der Waals surface area (Å²) in [5.74, 6) is 0.126. The lowest BCUT2D eigenvalue weighted by atomic mass is 9.88. The van der Waals surface area contributed by atoms with Gasteiger partial charge in [0.15, 0.2) is 0 Å². The Morgan fingerprint density at radius 3 is 2.44 bits per heavy atom. The van der Waals surface area contributed by atoms with E-state index < -0.39 is 11.7 Å². The van der Waals surface area contributed by atoms with Crippen LogP contribution in [0.5, 0.6) is 0 Å². The highest BCUT2D eigenvalue weighted by Crippen LogP contribution is 2.21. The van der Waals surface area contributed by atoms with Gasteiger partial charge >= 0.3 is 6.09 Å². The number of hydrogen-bond donors (Lipinski definition) is 2. The van der Waals surface area contributed by atoms with Gasteiger partial charge in [0.25, 0.3) is 0 Å². The molecule has 18 heavy (non-hydrogen) atoms. The standard InChI is InChI=1S/C14H24N2O2/c1-9-6-11(12(15)7-10(9)2)8-16-13(17)18-14(3,4)5/h6-7,11-12H,8,15H2,1-5H3,(H,16,17). The van der Waals surface area contributed by atoms with Crippen molar-refractivity contribution in [2.75, 3.05) is 6.54 Å². The second-order valence-electron chi connectivity index (χ2n) is 5.82. The van der Waals surface area contributed by atoms with Crippen LogP contribution >= 0.6 is 0 Å². The topological polar surface area (TPSA) is 64.3 Å². The molecule has 4 heteroatoms. The summed E-state index contributed by atoms with van der Waals surface area (Å²) in [5.41, 5.74) is 7.98. The van der Waals surface area contributed by atoms with Gasteiger partial charge in [-0.05, 0) is 34.6 Å². The number of nitrogens with one attached hydrogen (secondary N) is 1. The molecule has 0 aromatic heterocycles. The minimum atomic E-state index is -0.471. The van der Waals surface area contributed by atoms with Gasteiger partial charge in [0.05, 0.1) is 0 Å². The molecule has 0 bridgehead atoms. The van der Waals surface area contributed by atoms with E-state index in [1.54, 1.807) is 0 Å². The van der Waals surface area contributed by atoms with Gasteiger partial charge in [-0.15, -0.1) is 0 Å². The van der Waals surface area contributed by atoms with Crippen LogP contribution in [0.1, 0.15) is 34.6 Å². The van der Waals surface area contributed by atoms with Crippen LogP contribution in [0, 0.1) is 5.92 Å². The summed E-state index contributed by atoms with van der Waals surface area (Å²) in [7, 11) is 0. The number of carbonyl (C=O) groups excluding carboxylic acids is 1. The van der Waals surface area contributed by atoms with Crippen LogP contribution in [0.3, 0.4) is 0 Å². The molecule has 1 aliphatic carbocycles. The second kappa shape index (κ2) is 5.57. The number of rotatable bonds is 2. The van der Waals surface area contributed by atoms with Crippen molar-refractivity contribution < 1.29 is 9.53 Å². The number of carbonyl (C=O) groups is 1. The van der Waals surface area contributed by atoms with Crippen LogP contribution in [-0.2, 0) is 4.74 Å². The van der Waals surface area contributed by atoms with Crippen molar-refractivity contribution in [3.63, 3.8) is 0 Å². The van der Waals surface area contributed by atoms with Crippen LogP contribution in [0.25, 0.3) is 0 Å². The third-order valence-electron chi connectivity index (χ3n) is 2.90. The number of ether oxygens (including phenoxy) is 1. The number of hydrogen-bond acceptors (Lipinski definition) is 3. The molecule has 0 radical (unpaired) electrons. The molecule has 1 amide bonds. The molecule has 1 rings (SSSR count). The van der Waals surface area contributed by atoms with Gasteiger partial charge < -0.3 is 15.8 Å². The lowest BCUT2D eigenvalue weighted by Gasteiger charge is -2.26. The third kappa shape index (κ3) is 4.53. The first-order valence-corrected chi connectivity index (χ1v) is 6.28. The fourth-order valence-corrected chi connectivity index (χ4v) is 1.82. The minimum absolute atomic E-state index is 0.0522. The molecule has 4 nitrogen and oxygen atoms in total. The Morgan fingerprint density at radius 2 is 1.89 bits per heavy atom. The molecule has 1 aliphatic rings. The summed E-state index contributed by atoms with van der Waals surface area (Å²) in [4.78, 5) is 11.5. The molecule has 0 heterocycles. The maximum Gasteiger partial charge on any atom is 0.407 e. The van der Waals surface area contributed by atoms with Crippen LogP contribution in [0.2, 0.25) is 0 Å². The van der Waals surface area contributed by atoms with Crippen molar-refractivity contribution in [2.45, 2.75) is 46.3 Å². The van der Waals surface area contributed by atoms with Crippen molar-refractivity contribution in [3.8, 4) is 0 Å². The van der Waals surface area contributed by atoms with Crippen molar-refractivity contribution in [2.24, 2.45) is 11.7 Å². The molecular formula is C14H24N2O2. The maximum absolute atomic E-state index is 11.5. The monoisotopic (exact) mass is 252 g/mol. The molecule has 0 aliphatic heterocycles. The quantitative estimate of drug-likeness (QED) is 0.793. The minimum Gasteiger partial charge on any atom is -0.444 e. The zero-order valence-corrected chi connectivity index (χ0v) is 11.9. The normalized spacial score (nSPS) is 24.1. The fraction of sp³-hybridized carbons (Fsp3) is 0.643. The molecule has 0 aromatic carbocycles. The smallest absolute Gasteiger partial charge is 0.407 e. The Balaban J connectivity index is 2.48. The lowest BCUT2D eigenvalue weighted by Crippen LogP contribution is -2.40. The molecule has 2 unspecified atom stereocenters. The predicted molar refractivity (Wildman–Crippen MR) is 73.2 cm³/mol. The van der Waals surface area contributed by atoms with Crippen LogP contribution in [-0.4, -0.2) is 24.3 Å². The molecule has 0 saturated heterocycles. The van der Waals surface area contributed by atoms with Gasteiger partial charge in [-0.2, -0.15) is 0 Å². The molecule has 2 atom stereocenters. The Labute approximate surface area is 109 Å². The summed E-state index contributed by atoms with van der Waals surface area (Å²) in [6.45, 7) is 10.1. The Kier molecular flexibility index (Phi) is 4.57. The zero-order valence-electron chi connectivity index (χ0n) is 11.9. The Morgan fingerprint density at radius 1 is 1.33 bits per heavy atom. The van der Waals surface area contributed by atoms with Gasteiger partial charge in [-0.25, -0.2) is 4.79 Å². The van der Waals surface area contributed by atoms with Crippen molar-refractivity contribution >= 4 is 6.09 Å². The van der Waals surface area contributed by atoms with Crippen LogP contribution < -0.4 is 11.1 Å². The highest BCUT2D eigenvalue weighted by atomic mass is 16.6. The first-order chi connectivity index (χ1) is 8.19. The number of amides is 1. The van der Waals surface area contributed by atoms with E-state index in [4.69, 9.17) is 10.5 Å². The van der Waals surface area contributed by atoms with Crippen molar-refractivity contribution in [3.05, 3.63) is 23.3 Å². The summed E-state index contributed by atoms with van der Waals surface area (Å²) < 4.78 is 5.18. The van der Waals surface area contributed by atoms with E-state index in [-0.39, 0.29) is 12.0 Å². The SMILES string of the molecule is CC1=CC(N)C(CNC(=O)OC(C)(C)C)C=C1C. The summed E-state index contributed by atoms with van der Waals surface area (Å²) in [6.07, 6.45) is 3.75. The molecular weight excluding hydrogens is 228 g/mol. The van der Waals surface area contributed by atoms with E-state index in [9.17, 15) is 4.79 Å². The predicted octanol–water partition coefficient (Wildman–Crippen LogP) is 2.36. The van der Waals surface area contributed by atoms with Crippen LogP contribution in [0.4, 0.5) is 4.79 Å². The van der Waals surface area contributed by atoms with E-state index in [1.807, 2.05) is 33.8 Å². The van der Waals surface area contributed by atoms with E-state index >= 15 is 0 Å². The first-order valence-electron chi connectivity index (χ1n) is 6.28. The highest BCUT2D eigenvalue weighted by Gasteiger charge is 2.21. The summed E-state index contributed by atoms with van der Waals surface area (Å²) >= 11 is 0. The average Bonchev–Trinajstić information content (AvgIpc) is 2.19. The fourth-order valence-electron chi connectivity index (χ4n) is 1.82. The van der Waals surface area contributed by atoms with Crippen molar-refractivity contribution in [1.82, 2.24) is 5.32 Å². The lowest BCUT2D eigenvalue weighted by molar-refractivity contribution is 0.0521.